The summed E-state index contributed by atoms with van der Waals surface area (Å²) in [5.74, 6) is -0.000330. The van der Waals surface area contributed by atoms with Crippen molar-refractivity contribution in [1.82, 2.24) is 10.2 Å². The topological polar surface area (TPSA) is 73.2 Å². The summed E-state index contributed by atoms with van der Waals surface area (Å²) in [6, 6.07) is 17.2. The molecule has 0 bridgehead atoms. The molecule has 0 unspecified atom stereocenters. The molecule has 0 spiro atoms. The normalized spacial score (nSPS) is 17.1. The van der Waals surface area contributed by atoms with E-state index in [2.05, 4.69) is 25.2 Å². The molecule has 2 aromatic rings. The zero-order valence-electron chi connectivity index (χ0n) is 20.4. The van der Waals surface area contributed by atoms with Gasteiger partial charge in [0.15, 0.2) is 0 Å². The smallest absolute Gasteiger partial charge is 0.243 e. The Morgan fingerprint density at radius 1 is 1.17 bits per heavy atom. The van der Waals surface area contributed by atoms with Crippen LogP contribution in [0.3, 0.4) is 0 Å². The number of halogens is 2. The summed E-state index contributed by atoms with van der Waals surface area (Å²) in [5.41, 5.74) is 1.24. The highest BCUT2D eigenvalue weighted by atomic mass is 35.5. The van der Waals surface area contributed by atoms with Gasteiger partial charge >= 0.3 is 0 Å². The van der Waals surface area contributed by atoms with Crippen LogP contribution >= 0.6 is 23.2 Å². The van der Waals surface area contributed by atoms with Crippen LogP contribution in [0.1, 0.15) is 63.5 Å². The Hall–Kier alpha value is -2.55. The van der Waals surface area contributed by atoms with Crippen molar-refractivity contribution in [3.05, 3.63) is 69.7 Å². The number of nitriles is 1. The average Bonchev–Trinajstić information content (AvgIpc) is 3.34. The Morgan fingerprint density at radius 3 is 2.57 bits per heavy atom. The maximum Gasteiger partial charge on any atom is 0.243 e. The third-order valence-corrected chi connectivity index (χ3v) is 7.62. The van der Waals surface area contributed by atoms with E-state index in [1.54, 1.807) is 23.1 Å². The maximum absolute atomic E-state index is 13.0. The quantitative estimate of drug-likeness (QED) is 0.380. The lowest BCUT2D eigenvalue weighted by atomic mass is 9.69. The van der Waals surface area contributed by atoms with Gasteiger partial charge in [0, 0.05) is 29.6 Å². The predicted molar refractivity (Wildman–Crippen MR) is 140 cm³/mol. The van der Waals surface area contributed by atoms with Gasteiger partial charge in [-0.3, -0.25) is 9.59 Å². The molecule has 5 nitrogen and oxygen atoms in total. The van der Waals surface area contributed by atoms with Crippen molar-refractivity contribution >= 4 is 35.0 Å². The minimum atomic E-state index is -0.566. The number of amides is 2. The molecule has 0 aliphatic carbocycles. The van der Waals surface area contributed by atoms with E-state index in [9.17, 15) is 14.9 Å². The second-order valence-electron chi connectivity index (χ2n) is 9.51. The first-order valence-electron chi connectivity index (χ1n) is 12.3. The van der Waals surface area contributed by atoms with Crippen LogP contribution in [0.25, 0.3) is 0 Å². The fourth-order valence-electron chi connectivity index (χ4n) is 4.88. The molecule has 1 N–H and O–H groups in total. The number of rotatable bonds is 10. The molecule has 1 fully saturated rings. The largest absolute Gasteiger partial charge is 0.350 e. The maximum atomic E-state index is 13.0. The Morgan fingerprint density at radius 2 is 1.91 bits per heavy atom. The first-order valence-corrected chi connectivity index (χ1v) is 13.0. The highest BCUT2D eigenvalue weighted by molar-refractivity contribution is 6.35. The van der Waals surface area contributed by atoms with Gasteiger partial charge in [0.1, 0.15) is 6.04 Å². The van der Waals surface area contributed by atoms with Crippen LogP contribution in [-0.4, -0.2) is 29.3 Å². The lowest BCUT2D eigenvalue weighted by Gasteiger charge is -2.31. The summed E-state index contributed by atoms with van der Waals surface area (Å²) in [5, 5.41) is 14.0. The highest BCUT2D eigenvalue weighted by Gasteiger charge is 2.36. The number of benzene rings is 2. The van der Waals surface area contributed by atoms with Crippen LogP contribution in [0.5, 0.6) is 0 Å². The molecule has 1 aliphatic rings. The van der Waals surface area contributed by atoms with Gasteiger partial charge in [-0.1, -0.05) is 79.9 Å². The summed E-state index contributed by atoms with van der Waals surface area (Å²) in [4.78, 5) is 27.5. The number of likely N-dealkylation sites (tertiary alicyclic amines) is 1. The lowest BCUT2D eigenvalue weighted by molar-refractivity contribution is -0.138. The lowest BCUT2D eigenvalue weighted by Crippen LogP contribution is -2.45. The summed E-state index contributed by atoms with van der Waals surface area (Å²) in [7, 11) is 0. The van der Waals surface area contributed by atoms with Crippen LogP contribution < -0.4 is 5.32 Å². The Kier molecular flexibility index (Phi) is 9.60. The summed E-state index contributed by atoms with van der Waals surface area (Å²) in [6.07, 6.45) is 4.00. The third-order valence-electron chi connectivity index (χ3n) is 7.03. The summed E-state index contributed by atoms with van der Waals surface area (Å²) < 4.78 is 0. The minimum absolute atomic E-state index is 0.000934. The summed E-state index contributed by atoms with van der Waals surface area (Å²) >= 11 is 12.1. The van der Waals surface area contributed by atoms with Gasteiger partial charge < -0.3 is 10.2 Å². The highest BCUT2D eigenvalue weighted by Crippen LogP contribution is 2.37. The monoisotopic (exact) mass is 513 g/mol. The van der Waals surface area contributed by atoms with Crippen molar-refractivity contribution in [3.63, 3.8) is 0 Å². The average molecular weight is 514 g/mol. The molecule has 0 saturated carbocycles. The van der Waals surface area contributed by atoms with Crippen molar-refractivity contribution in [3.8, 4) is 6.07 Å². The van der Waals surface area contributed by atoms with Crippen LogP contribution in [0, 0.1) is 17.2 Å². The second kappa shape index (κ2) is 12.4. The molecule has 186 valence electrons. The molecule has 7 heteroatoms. The number of hydrogen-bond donors (Lipinski definition) is 1. The van der Waals surface area contributed by atoms with Gasteiger partial charge in [0.2, 0.25) is 11.8 Å². The molecule has 3 rings (SSSR count). The Labute approximate surface area is 218 Å². The van der Waals surface area contributed by atoms with Gasteiger partial charge in [0.05, 0.1) is 11.5 Å². The zero-order valence-corrected chi connectivity index (χ0v) is 21.9. The van der Waals surface area contributed by atoms with E-state index in [4.69, 9.17) is 23.2 Å². The molecular weight excluding hydrogens is 481 g/mol. The van der Waals surface area contributed by atoms with E-state index in [-0.39, 0.29) is 24.3 Å². The van der Waals surface area contributed by atoms with Crippen molar-refractivity contribution < 1.29 is 9.59 Å². The first-order chi connectivity index (χ1) is 16.8. The van der Waals surface area contributed by atoms with E-state index in [0.717, 1.165) is 24.0 Å². The fourth-order valence-corrected chi connectivity index (χ4v) is 5.35. The molecule has 1 aliphatic heterocycles. The van der Waals surface area contributed by atoms with Gasteiger partial charge in [-0.25, -0.2) is 0 Å². The molecular formula is C28H33Cl2N3O2. The zero-order chi connectivity index (χ0) is 25.4. The SMILES string of the molecule is CC(C)[C@@](C#N)(CCCCC(=O)N1CCC[C@@H]1C(=O)NCc1ccc(Cl)cc1Cl)c1ccccc1. The van der Waals surface area contributed by atoms with Gasteiger partial charge in [0.25, 0.3) is 0 Å². The number of hydrogen-bond acceptors (Lipinski definition) is 3. The number of nitrogens with zero attached hydrogens (tertiary/aromatic N) is 2. The van der Waals surface area contributed by atoms with Gasteiger partial charge in [-0.15, -0.1) is 0 Å². The van der Waals surface area contributed by atoms with Gasteiger partial charge in [-0.2, -0.15) is 5.26 Å². The number of carbonyl (C=O) groups excluding carboxylic acids is 2. The Bertz CT molecular complexity index is 1070. The van der Waals surface area contributed by atoms with Crippen LogP contribution in [0.15, 0.2) is 48.5 Å². The molecule has 35 heavy (non-hydrogen) atoms. The molecule has 2 atom stereocenters. The Balaban J connectivity index is 1.52. The van der Waals surface area contributed by atoms with Crippen molar-refractivity contribution in [2.24, 2.45) is 5.92 Å². The number of unbranched alkanes of at least 4 members (excludes halogenated alkanes) is 1. The third kappa shape index (κ3) is 6.57. The van der Waals surface area contributed by atoms with E-state index < -0.39 is 11.5 Å². The van der Waals surface area contributed by atoms with Crippen molar-refractivity contribution in [1.29, 1.82) is 5.26 Å². The summed E-state index contributed by atoms with van der Waals surface area (Å²) in [6.45, 7) is 5.03. The van der Waals surface area contributed by atoms with Crippen LogP contribution in [0.2, 0.25) is 10.0 Å². The van der Waals surface area contributed by atoms with E-state index >= 15 is 0 Å². The van der Waals surface area contributed by atoms with E-state index in [1.807, 2.05) is 30.3 Å². The number of carbonyl (C=O) groups is 2. The fraction of sp³-hybridized carbons (Fsp3) is 0.464. The molecule has 0 aromatic heterocycles. The molecule has 2 aromatic carbocycles. The minimum Gasteiger partial charge on any atom is -0.350 e. The second-order valence-corrected chi connectivity index (χ2v) is 10.4. The molecule has 2 amide bonds. The van der Waals surface area contributed by atoms with Gasteiger partial charge in [-0.05, 0) is 54.9 Å². The van der Waals surface area contributed by atoms with E-state index in [1.165, 1.54) is 0 Å². The van der Waals surface area contributed by atoms with E-state index in [0.29, 0.717) is 42.3 Å². The molecule has 1 heterocycles. The molecule has 0 radical (unpaired) electrons. The number of nitrogens with one attached hydrogen (secondary N) is 1. The van der Waals surface area contributed by atoms with Crippen molar-refractivity contribution in [2.45, 2.75) is 70.4 Å². The van der Waals surface area contributed by atoms with Crippen LogP contribution in [-0.2, 0) is 21.5 Å². The van der Waals surface area contributed by atoms with Crippen LogP contribution in [0.4, 0.5) is 0 Å². The first kappa shape index (κ1) is 27.0. The van der Waals surface area contributed by atoms with Crippen molar-refractivity contribution in [2.75, 3.05) is 6.54 Å². The molecule has 1 saturated heterocycles. The standard InChI is InChI=1S/C28H33Cl2N3O2/c1-20(2)28(19-31,22-9-4-3-5-10-22)15-7-6-12-26(34)33-16-8-11-25(33)27(35)32-18-21-13-14-23(29)17-24(21)30/h3-5,9-10,13-14,17,20,25H,6-8,11-12,15-16,18H2,1-2H3,(H,32,35)/t25-,28+/m1/s1. The predicted octanol–water partition coefficient (Wildman–Crippen LogP) is 6.28.